The minimum atomic E-state index is 0.388. The molecule has 106 valence electrons. The van der Waals surface area contributed by atoms with Gasteiger partial charge in [-0.2, -0.15) is 11.8 Å². The average Bonchev–Trinajstić information content (AvgIpc) is 2.93. The highest BCUT2D eigenvalue weighted by Crippen LogP contribution is 2.33. The summed E-state index contributed by atoms with van der Waals surface area (Å²) in [6, 6.07) is 8.64. The zero-order valence-electron chi connectivity index (χ0n) is 11.7. The first kappa shape index (κ1) is 15.2. The van der Waals surface area contributed by atoms with Crippen molar-refractivity contribution in [3.63, 3.8) is 0 Å². The summed E-state index contributed by atoms with van der Waals surface area (Å²) in [6.07, 6.45) is 6.78. The Morgan fingerprint density at radius 1 is 1.32 bits per heavy atom. The van der Waals surface area contributed by atoms with Crippen LogP contribution < -0.4 is 5.32 Å². The lowest BCUT2D eigenvalue weighted by atomic mass is 10.1. The fraction of sp³-hybridized carbons (Fsp3) is 0.625. The molecule has 0 bridgehead atoms. The van der Waals surface area contributed by atoms with Crippen molar-refractivity contribution >= 4 is 23.4 Å². The molecule has 1 aromatic carbocycles. The number of thioether (sulfide) groups is 1. The molecule has 0 heterocycles. The lowest BCUT2D eigenvalue weighted by molar-refractivity contribution is 0.577. The van der Waals surface area contributed by atoms with Crippen molar-refractivity contribution in [1.82, 2.24) is 5.32 Å². The monoisotopic (exact) mass is 297 g/mol. The molecule has 19 heavy (non-hydrogen) atoms. The lowest BCUT2D eigenvalue weighted by Gasteiger charge is -2.21. The minimum Gasteiger partial charge on any atom is -0.309 e. The molecule has 1 aliphatic rings. The zero-order chi connectivity index (χ0) is 13.5. The Hall–Kier alpha value is -0.180. The molecule has 2 rings (SSSR count). The van der Waals surface area contributed by atoms with E-state index in [2.05, 4.69) is 36.1 Å². The quantitative estimate of drug-likeness (QED) is 0.755. The maximum atomic E-state index is 6.34. The third kappa shape index (κ3) is 4.70. The summed E-state index contributed by atoms with van der Waals surface area (Å²) in [5, 5.41) is 5.41. The maximum Gasteiger partial charge on any atom is 0.0454 e. The molecule has 0 amide bonds. The second-order valence-electron chi connectivity index (χ2n) is 5.27. The summed E-state index contributed by atoms with van der Waals surface area (Å²) in [4.78, 5) is 0. The zero-order valence-corrected chi connectivity index (χ0v) is 13.3. The summed E-state index contributed by atoms with van der Waals surface area (Å²) >= 11 is 8.47. The predicted octanol–water partition coefficient (Wildman–Crippen LogP) is 5.06. The minimum absolute atomic E-state index is 0.388. The van der Waals surface area contributed by atoms with Crippen molar-refractivity contribution in [3.05, 3.63) is 34.9 Å². The third-order valence-corrected chi connectivity index (χ3v) is 5.53. The van der Waals surface area contributed by atoms with Gasteiger partial charge in [0.2, 0.25) is 0 Å². The highest BCUT2D eigenvalue weighted by molar-refractivity contribution is 7.99. The lowest BCUT2D eigenvalue weighted by Crippen LogP contribution is -2.25. The van der Waals surface area contributed by atoms with E-state index in [1.165, 1.54) is 31.2 Å². The molecule has 0 aliphatic heterocycles. The van der Waals surface area contributed by atoms with Gasteiger partial charge in [-0.1, -0.05) is 49.6 Å². The van der Waals surface area contributed by atoms with E-state index in [0.29, 0.717) is 6.04 Å². The third-order valence-electron chi connectivity index (χ3n) is 3.72. The van der Waals surface area contributed by atoms with Crippen molar-refractivity contribution in [2.75, 3.05) is 12.3 Å². The van der Waals surface area contributed by atoms with E-state index in [0.717, 1.165) is 29.0 Å². The van der Waals surface area contributed by atoms with Crippen molar-refractivity contribution in [1.29, 1.82) is 0 Å². The van der Waals surface area contributed by atoms with Crippen LogP contribution in [0.3, 0.4) is 0 Å². The molecule has 0 radical (unpaired) electrons. The Kier molecular flexibility index (Phi) is 6.55. The van der Waals surface area contributed by atoms with Gasteiger partial charge in [0, 0.05) is 22.1 Å². The summed E-state index contributed by atoms with van der Waals surface area (Å²) in [5.74, 6) is 1.13. The van der Waals surface area contributed by atoms with Crippen LogP contribution in [0, 0.1) is 0 Å². The van der Waals surface area contributed by atoms with Gasteiger partial charge in [-0.15, -0.1) is 0 Å². The van der Waals surface area contributed by atoms with Gasteiger partial charge < -0.3 is 5.32 Å². The van der Waals surface area contributed by atoms with Crippen LogP contribution in [0.15, 0.2) is 24.3 Å². The topological polar surface area (TPSA) is 12.0 Å². The van der Waals surface area contributed by atoms with E-state index in [4.69, 9.17) is 11.6 Å². The SMILES string of the molecule is CCCNC(CSC1CCCC1)c1ccccc1Cl. The molecular formula is C16H24ClNS. The first-order valence-electron chi connectivity index (χ1n) is 7.40. The van der Waals surface area contributed by atoms with Crippen LogP contribution >= 0.6 is 23.4 Å². The van der Waals surface area contributed by atoms with Crippen LogP contribution in [0.2, 0.25) is 5.02 Å². The van der Waals surface area contributed by atoms with E-state index in [-0.39, 0.29) is 0 Å². The summed E-state index contributed by atoms with van der Waals surface area (Å²) in [6.45, 7) is 3.27. The first-order valence-corrected chi connectivity index (χ1v) is 8.83. The van der Waals surface area contributed by atoms with Gasteiger partial charge in [0.25, 0.3) is 0 Å². The molecule has 1 aliphatic carbocycles. The standard InChI is InChI=1S/C16H24ClNS/c1-2-11-18-16(12-19-13-7-3-4-8-13)14-9-5-6-10-15(14)17/h5-6,9-10,13,16,18H,2-4,7-8,11-12H2,1H3. The van der Waals surface area contributed by atoms with Gasteiger partial charge in [0.15, 0.2) is 0 Å². The molecule has 1 nitrogen and oxygen atoms in total. The summed E-state index contributed by atoms with van der Waals surface area (Å²) in [5.41, 5.74) is 1.25. The molecule has 1 saturated carbocycles. The highest BCUT2D eigenvalue weighted by Gasteiger charge is 2.19. The molecule has 1 atom stereocenters. The number of rotatable bonds is 7. The van der Waals surface area contributed by atoms with Crippen LogP contribution in [-0.4, -0.2) is 17.5 Å². The van der Waals surface area contributed by atoms with E-state index in [9.17, 15) is 0 Å². The molecule has 0 saturated heterocycles. The maximum absolute atomic E-state index is 6.34. The second-order valence-corrected chi connectivity index (χ2v) is 7.01. The van der Waals surface area contributed by atoms with Crippen molar-refractivity contribution in [2.45, 2.75) is 50.3 Å². The Morgan fingerprint density at radius 2 is 2.05 bits per heavy atom. The van der Waals surface area contributed by atoms with Crippen molar-refractivity contribution in [3.8, 4) is 0 Å². The summed E-state index contributed by atoms with van der Waals surface area (Å²) in [7, 11) is 0. The van der Waals surface area contributed by atoms with Crippen LogP contribution in [0.25, 0.3) is 0 Å². The van der Waals surface area contributed by atoms with Gasteiger partial charge in [-0.05, 0) is 37.4 Å². The smallest absolute Gasteiger partial charge is 0.0454 e. The van der Waals surface area contributed by atoms with Gasteiger partial charge in [0.1, 0.15) is 0 Å². The van der Waals surface area contributed by atoms with E-state index in [1.54, 1.807) is 0 Å². The number of halogens is 1. The highest BCUT2D eigenvalue weighted by atomic mass is 35.5. The number of nitrogens with one attached hydrogen (secondary N) is 1. The Balaban J connectivity index is 1.96. The molecule has 0 aromatic heterocycles. The fourth-order valence-electron chi connectivity index (χ4n) is 2.62. The summed E-state index contributed by atoms with van der Waals surface area (Å²) < 4.78 is 0. The Morgan fingerprint density at radius 3 is 2.74 bits per heavy atom. The van der Waals surface area contributed by atoms with Crippen molar-refractivity contribution < 1.29 is 0 Å². The van der Waals surface area contributed by atoms with Crippen LogP contribution in [0.5, 0.6) is 0 Å². The average molecular weight is 298 g/mol. The van der Waals surface area contributed by atoms with Crippen molar-refractivity contribution in [2.24, 2.45) is 0 Å². The van der Waals surface area contributed by atoms with E-state index in [1.807, 2.05) is 12.1 Å². The van der Waals surface area contributed by atoms with Crippen LogP contribution in [0.1, 0.15) is 50.6 Å². The van der Waals surface area contributed by atoms with E-state index >= 15 is 0 Å². The molecule has 0 spiro atoms. The second kappa shape index (κ2) is 8.18. The number of hydrogen-bond donors (Lipinski definition) is 1. The normalized spacial score (nSPS) is 17.8. The van der Waals surface area contributed by atoms with Gasteiger partial charge in [0.05, 0.1) is 0 Å². The Bertz CT molecular complexity index is 377. The van der Waals surface area contributed by atoms with E-state index < -0.39 is 0 Å². The Labute approximate surface area is 126 Å². The predicted molar refractivity (Wildman–Crippen MR) is 87.2 cm³/mol. The van der Waals surface area contributed by atoms with Crippen LogP contribution in [0.4, 0.5) is 0 Å². The first-order chi connectivity index (χ1) is 9.31. The number of benzene rings is 1. The molecular weight excluding hydrogens is 274 g/mol. The fourth-order valence-corrected chi connectivity index (χ4v) is 4.32. The number of hydrogen-bond acceptors (Lipinski definition) is 2. The molecule has 3 heteroatoms. The van der Waals surface area contributed by atoms with Gasteiger partial charge >= 0.3 is 0 Å². The molecule has 1 fully saturated rings. The van der Waals surface area contributed by atoms with Gasteiger partial charge in [-0.25, -0.2) is 0 Å². The molecule has 1 aromatic rings. The molecule has 1 N–H and O–H groups in total. The van der Waals surface area contributed by atoms with Crippen LogP contribution in [-0.2, 0) is 0 Å². The van der Waals surface area contributed by atoms with Gasteiger partial charge in [-0.3, -0.25) is 0 Å². The largest absolute Gasteiger partial charge is 0.309 e. The molecule has 1 unspecified atom stereocenters.